The highest BCUT2D eigenvalue weighted by molar-refractivity contribution is 7.90. The predicted octanol–water partition coefficient (Wildman–Crippen LogP) is 2.27. The molecule has 0 saturated carbocycles. The van der Waals surface area contributed by atoms with Gasteiger partial charge in [0.15, 0.2) is 16.4 Å². The maximum Gasteiger partial charge on any atom is 0.338 e. The van der Waals surface area contributed by atoms with E-state index in [0.29, 0.717) is 0 Å². The van der Waals surface area contributed by atoms with Crippen molar-refractivity contribution in [3.63, 3.8) is 0 Å². The van der Waals surface area contributed by atoms with Crippen molar-refractivity contribution in [3.8, 4) is 0 Å². The first kappa shape index (κ1) is 16.8. The SMILES string of the molecule is CS(=O)(=O)c1ccc(C(=O)OCC(=O)c2ccccc2F)cc1. The Labute approximate surface area is 132 Å². The number of ketones is 1. The molecule has 0 N–H and O–H groups in total. The fraction of sp³-hybridized carbons (Fsp3) is 0.125. The summed E-state index contributed by atoms with van der Waals surface area (Å²) in [5, 5.41) is 0. The first-order chi connectivity index (χ1) is 10.8. The Hall–Kier alpha value is -2.54. The van der Waals surface area contributed by atoms with Gasteiger partial charge in [-0.25, -0.2) is 17.6 Å². The van der Waals surface area contributed by atoms with Gasteiger partial charge in [-0.3, -0.25) is 4.79 Å². The Morgan fingerprint density at radius 2 is 1.65 bits per heavy atom. The Balaban J connectivity index is 2.03. The number of rotatable bonds is 5. The van der Waals surface area contributed by atoms with Crippen LogP contribution in [0.2, 0.25) is 0 Å². The van der Waals surface area contributed by atoms with Gasteiger partial charge in [-0.1, -0.05) is 12.1 Å². The fourth-order valence-electron chi connectivity index (χ4n) is 1.82. The number of halogens is 1. The number of carbonyl (C=O) groups excluding carboxylic acids is 2. The largest absolute Gasteiger partial charge is 0.454 e. The standard InChI is InChI=1S/C16H13FO5S/c1-23(20,21)12-8-6-11(7-9-12)16(19)22-10-15(18)13-4-2-3-5-14(13)17/h2-9H,10H2,1H3. The molecule has 0 aliphatic rings. The Kier molecular flexibility index (Phi) is 4.90. The van der Waals surface area contributed by atoms with Crippen LogP contribution in [0.3, 0.4) is 0 Å². The van der Waals surface area contributed by atoms with Crippen LogP contribution >= 0.6 is 0 Å². The van der Waals surface area contributed by atoms with E-state index in [0.717, 1.165) is 12.3 Å². The number of hydrogen-bond donors (Lipinski definition) is 0. The highest BCUT2D eigenvalue weighted by atomic mass is 32.2. The van der Waals surface area contributed by atoms with Crippen molar-refractivity contribution in [2.24, 2.45) is 0 Å². The summed E-state index contributed by atoms with van der Waals surface area (Å²) in [7, 11) is -3.36. The smallest absolute Gasteiger partial charge is 0.338 e. The third-order valence-electron chi connectivity index (χ3n) is 3.03. The van der Waals surface area contributed by atoms with Gasteiger partial charge in [0, 0.05) is 6.26 Å². The molecular weight excluding hydrogens is 323 g/mol. The van der Waals surface area contributed by atoms with Gasteiger partial charge in [0.05, 0.1) is 16.0 Å². The highest BCUT2D eigenvalue weighted by Gasteiger charge is 2.15. The highest BCUT2D eigenvalue weighted by Crippen LogP contribution is 2.12. The van der Waals surface area contributed by atoms with E-state index < -0.39 is 34.0 Å². The van der Waals surface area contributed by atoms with Crippen LogP contribution in [0, 0.1) is 5.82 Å². The number of ether oxygens (including phenoxy) is 1. The molecule has 0 radical (unpaired) electrons. The van der Waals surface area contributed by atoms with Crippen molar-refractivity contribution in [2.45, 2.75) is 4.90 Å². The predicted molar refractivity (Wildman–Crippen MR) is 80.6 cm³/mol. The number of benzene rings is 2. The summed E-state index contributed by atoms with van der Waals surface area (Å²) in [4.78, 5) is 23.7. The lowest BCUT2D eigenvalue weighted by Gasteiger charge is -2.06. The molecule has 0 heterocycles. The maximum absolute atomic E-state index is 13.4. The molecule has 2 aromatic rings. The summed E-state index contributed by atoms with van der Waals surface area (Å²) in [6.07, 6.45) is 1.05. The van der Waals surface area contributed by atoms with Crippen molar-refractivity contribution in [1.29, 1.82) is 0 Å². The molecule has 0 unspecified atom stereocenters. The molecule has 0 aliphatic carbocycles. The topological polar surface area (TPSA) is 77.5 Å². The minimum absolute atomic E-state index is 0.0662. The number of esters is 1. The van der Waals surface area contributed by atoms with Gasteiger partial charge >= 0.3 is 5.97 Å². The average Bonchev–Trinajstić information content (AvgIpc) is 2.52. The summed E-state index contributed by atoms with van der Waals surface area (Å²) in [5.74, 6) is -2.15. The van der Waals surface area contributed by atoms with Crippen molar-refractivity contribution in [3.05, 3.63) is 65.5 Å². The van der Waals surface area contributed by atoms with Crippen LogP contribution in [-0.2, 0) is 14.6 Å². The maximum atomic E-state index is 13.4. The van der Waals surface area contributed by atoms with Gasteiger partial charge in [0.1, 0.15) is 5.82 Å². The van der Waals surface area contributed by atoms with E-state index in [1.54, 1.807) is 0 Å². The van der Waals surface area contributed by atoms with Crippen LogP contribution < -0.4 is 0 Å². The molecule has 120 valence electrons. The van der Waals surface area contributed by atoms with Crippen LogP contribution in [0.1, 0.15) is 20.7 Å². The second-order valence-corrected chi connectivity index (χ2v) is 6.79. The molecular formula is C16H13FO5S. The van der Waals surface area contributed by atoms with Gasteiger partial charge in [-0.05, 0) is 36.4 Å². The molecule has 0 spiro atoms. The molecule has 23 heavy (non-hydrogen) atoms. The molecule has 2 aromatic carbocycles. The minimum atomic E-state index is -3.36. The van der Waals surface area contributed by atoms with Gasteiger partial charge < -0.3 is 4.74 Å². The van der Waals surface area contributed by atoms with Gasteiger partial charge in [0.2, 0.25) is 5.78 Å². The molecule has 0 amide bonds. The van der Waals surface area contributed by atoms with Crippen LogP contribution in [0.25, 0.3) is 0 Å². The zero-order valence-corrected chi connectivity index (χ0v) is 13.0. The lowest BCUT2D eigenvalue weighted by atomic mass is 10.1. The first-order valence-corrected chi connectivity index (χ1v) is 8.43. The summed E-state index contributed by atoms with van der Waals surface area (Å²) < 4.78 is 40.9. The zero-order chi connectivity index (χ0) is 17.0. The number of Topliss-reactive ketones (excluding diaryl/α,β-unsaturated/α-hetero) is 1. The number of hydrogen-bond acceptors (Lipinski definition) is 5. The summed E-state index contributed by atoms with van der Waals surface area (Å²) in [5.41, 5.74) is -0.0635. The first-order valence-electron chi connectivity index (χ1n) is 6.54. The summed E-state index contributed by atoms with van der Waals surface area (Å²) >= 11 is 0. The second kappa shape index (κ2) is 6.70. The van der Waals surface area contributed by atoms with E-state index in [-0.39, 0.29) is 16.0 Å². The lowest BCUT2D eigenvalue weighted by molar-refractivity contribution is 0.0473. The number of sulfone groups is 1. The minimum Gasteiger partial charge on any atom is -0.454 e. The molecule has 0 aromatic heterocycles. The molecule has 0 bridgehead atoms. The molecule has 0 aliphatic heterocycles. The third-order valence-corrected chi connectivity index (χ3v) is 4.16. The Bertz CT molecular complexity index is 841. The van der Waals surface area contributed by atoms with Crippen molar-refractivity contribution in [1.82, 2.24) is 0 Å². The van der Waals surface area contributed by atoms with E-state index >= 15 is 0 Å². The molecule has 5 nitrogen and oxygen atoms in total. The quantitative estimate of drug-likeness (QED) is 0.618. The van der Waals surface area contributed by atoms with E-state index in [9.17, 15) is 22.4 Å². The zero-order valence-electron chi connectivity index (χ0n) is 12.2. The van der Waals surface area contributed by atoms with E-state index in [4.69, 9.17) is 4.74 Å². The van der Waals surface area contributed by atoms with E-state index in [2.05, 4.69) is 0 Å². The molecule has 0 atom stereocenters. The van der Waals surface area contributed by atoms with Gasteiger partial charge in [-0.15, -0.1) is 0 Å². The van der Waals surface area contributed by atoms with Gasteiger partial charge in [-0.2, -0.15) is 0 Å². The normalized spacial score (nSPS) is 11.0. The summed E-state index contributed by atoms with van der Waals surface area (Å²) in [6, 6.07) is 10.5. The fourth-order valence-corrected chi connectivity index (χ4v) is 2.45. The van der Waals surface area contributed by atoms with Crippen LogP contribution in [0.4, 0.5) is 4.39 Å². The van der Waals surface area contributed by atoms with Crippen molar-refractivity contribution < 1.29 is 27.1 Å². The van der Waals surface area contributed by atoms with Crippen molar-refractivity contribution >= 4 is 21.6 Å². The average molecular weight is 336 g/mol. The summed E-state index contributed by atoms with van der Waals surface area (Å²) in [6.45, 7) is -0.604. The van der Waals surface area contributed by atoms with Crippen molar-refractivity contribution in [2.75, 3.05) is 12.9 Å². The molecule has 0 saturated heterocycles. The Morgan fingerprint density at radius 1 is 1.04 bits per heavy atom. The van der Waals surface area contributed by atoms with Gasteiger partial charge in [0.25, 0.3) is 0 Å². The molecule has 2 rings (SSSR count). The lowest BCUT2D eigenvalue weighted by Crippen LogP contribution is -2.15. The third kappa shape index (κ3) is 4.23. The van der Waals surface area contributed by atoms with Crippen LogP contribution in [0.15, 0.2) is 53.4 Å². The molecule has 7 heteroatoms. The van der Waals surface area contributed by atoms with Crippen LogP contribution in [-0.4, -0.2) is 33.0 Å². The van der Waals surface area contributed by atoms with Crippen LogP contribution in [0.5, 0.6) is 0 Å². The van der Waals surface area contributed by atoms with E-state index in [1.807, 2.05) is 0 Å². The van der Waals surface area contributed by atoms with E-state index in [1.165, 1.54) is 42.5 Å². The second-order valence-electron chi connectivity index (χ2n) is 4.78. The Morgan fingerprint density at radius 3 is 2.22 bits per heavy atom. The monoisotopic (exact) mass is 336 g/mol. The molecule has 0 fully saturated rings. The number of carbonyl (C=O) groups is 2.